The second kappa shape index (κ2) is 10.9. The molecule has 35 heavy (non-hydrogen) atoms. The van der Waals surface area contributed by atoms with Crippen LogP contribution in [-0.4, -0.2) is 42.8 Å². The summed E-state index contributed by atoms with van der Waals surface area (Å²) in [7, 11) is 0. The third kappa shape index (κ3) is 5.69. The van der Waals surface area contributed by atoms with Gasteiger partial charge in [-0.15, -0.1) is 0 Å². The molecular weight excluding hydrogens is 444 g/mol. The maximum absolute atomic E-state index is 12.3. The number of carbonyl (C=O) groups excluding carboxylic acids is 2. The molecule has 4 rings (SSSR count). The summed E-state index contributed by atoms with van der Waals surface area (Å²) in [6.07, 6.45) is 0.0306. The van der Waals surface area contributed by atoms with Crippen LogP contribution in [-0.2, 0) is 16.0 Å². The monoisotopic (exact) mass is 472 g/mol. The van der Waals surface area contributed by atoms with Crippen molar-refractivity contribution in [1.82, 2.24) is 10.6 Å². The van der Waals surface area contributed by atoms with Gasteiger partial charge < -0.3 is 20.5 Å². The van der Waals surface area contributed by atoms with E-state index in [1.165, 1.54) is 11.1 Å². The van der Waals surface area contributed by atoms with Crippen molar-refractivity contribution in [3.05, 3.63) is 95.1 Å². The Balaban J connectivity index is 1.20. The molecule has 1 atom stereocenters. The molecule has 1 aliphatic rings. The minimum absolute atomic E-state index is 0.0153. The van der Waals surface area contributed by atoms with Gasteiger partial charge >= 0.3 is 12.1 Å². The third-order valence-electron chi connectivity index (χ3n) is 6.26. The van der Waals surface area contributed by atoms with Gasteiger partial charge in [0, 0.05) is 19.0 Å². The first-order chi connectivity index (χ1) is 16.9. The highest BCUT2D eigenvalue weighted by Gasteiger charge is 2.29. The van der Waals surface area contributed by atoms with Crippen molar-refractivity contribution in [2.45, 2.75) is 19.3 Å². The summed E-state index contributed by atoms with van der Waals surface area (Å²) < 4.78 is 5.51. The SMILES string of the molecule is CC(CNC(=O)OCC1c2ccccc2-c2ccccc21)C(=O)NCCc1ccc(C(=O)O)cc1. The van der Waals surface area contributed by atoms with E-state index in [2.05, 4.69) is 34.9 Å². The number of aromatic carboxylic acids is 1. The molecule has 7 heteroatoms. The van der Waals surface area contributed by atoms with Crippen molar-refractivity contribution >= 4 is 18.0 Å². The summed E-state index contributed by atoms with van der Waals surface area (Å²) in [5.41, 5.74) is 5.78. The molecule has 0 fully saturated rings. The lowest BCUT2D eigenvalue weighted by Gasteiger charge is -2.16. The van der Waals surface area contributed by atoms with Crippen LogP contribution in [0.1, 0.15) is 39.9 Å². The number of hydrogen-bond donors (Lipinski definition) is 3. The maximum Gasteiger partial charge on any atom is 0.407 e. The Hall–Kier alpha value is -4.13. The molecule has 0 aliphatic heterocycles. The van der Waals surface area contributed by atoms with Gasteiger partial charge in [-0.25, -0.2) is 9.59 Å². The first-order valence-corrected chi connectivity index (χ1v) is 11.6. The normalized spacial score (nSPS) is 12.8. The molecule has 3 aromatic carbocycles. The lowest BCUT2D eigenvalue weighted by atomic mass is 9.98. The number of fused-ring (bicyclic) bond motifs is 3. The highest BCUT2D eigenvalue weighted by Crippen LogP contribution is 2.44. The van der Waals surface area contributed by atoms with Gasteiger partial charge in [0.2, 0.25) is 5.91 Å². The fourth-order valence-electron chi connectivity index (χ4n) is 4.30. The van der Waals surface area contributed by atoms with E-state index in [1.54, 1.807) is 31.2 Å². The number of hydrogen-bond acceptors (Lipinski definition) is 4. The first-order valence-electron chi connectivity index (χ1n) is 11.6. The highest BCUT2D eigenvalue weighted by atomic mass is 16.5. The van der Waals surface area contributed by atoms with E-state index in [0.29, 0.717) is 13.0 Å². The quantitative estimate of drug-likeness (QED) is 0.433. The fourth-order valence-corrected chi connectivity index (χ4v) is 4.30. The van der Waals surface area contributed by atoms with Gasteiger partial charge in [-0.1, -0.05) is 67.6 Å². The number of amides is 2. The second-order valence-corrected chi connectivity index (χ2v) is 8.65. The van der Waals surface area contributed by atoms with E-state index in [-0.39, 0.29) is 30.5 Å². The van der Waals surface area contributed by atoms with Crippen molar-refractivity contribution in [3.63, 3.8) is 0 Å². The van der Waals surface area contributed by atoms with Crippen molar-refractivity contribution in [3.8, 4) is 11.1 Å². The van der Waals surface area contributed by atoms with E-state index >= 15 is 0 Å². The fraction of sp³-hybridized carbons (Fsp3) is 0.250. The average Bonchev–Trinajstić information content (AvgIpc) is 3.20. The first kappa shape index (κ1) is 24.0. The zero-order valence-corrected chi connectivity index (χ0v) is 19.5. The molecule has 0 saturated heterocycles. The van der Waals surface area contributed by atoms with Crippen LogP contribution >= 0.6 is 0 Å². The molecule has 0 heterocycles. The Morgan fingerprint density at radius 1 is 0.886 bits per heavy atom. The van der Waals surface area contributed by atoms with E-state index in [0.717, 1.165) is 16.7 Å². The zero-order valence-electron chi connectivity index (χ0n) is 19.5. The predicted octanol–water partition coefficient (Wildman–Crippen LogP) is 4.22. The number of carboxylic acids is 1. The molecule has 0 radical (unpaired) electrons. The third-order valence-corrected chi connectivity index (χ3v) is 6.26. The van der Waals surface area contributed by atoms with Crippen LogP contribution in [0.15, 0.2) is 72.8 Å². The minimum atomic E-state index is -0.970. The van der Waals surface area contributed by atoms with Gasteiger partial charge in [0.25, 0.3) is 0 Å². The van der Waals surface area contributed by atoms with Crippen LogP contribution < -0.4 is 10.6 Å². The largest absolute Gasteiger partial charge is 0.478 e. The summed E-state index contributed by atoms with van der Waals surface area (Å²) >= 11 is 0. The van der Waals surface area contributed by atoms with Crippen LogP contribution in [0.25, 0.3) is 11.1 Å². The zero-order chi connectivity index (χ0) is 24.8. The van der Waals surface area contributed by atoms with Crippen LogP contribution in [0.4, 0.5) is 4.79 Å². The lowest BCUT2D eigenvalue weighted by molar-refractivity contribution is -0.124. The number of carbonyl (C=O) groups is 3. The average molecular weight is 473 g/mol. The molecule has 0 saturated carbocycles. The Labute approximate surface area is 204 Å². The van der Waals surface area contributed by atoms with Gasteiger partial charge in [-0.2, -0.15) is 0 Å². The Bertz CT molecular complexity index is 1180. The molecule has 2 amide bonds. The van der Waals surface area contributed by atoms with Gasteiger partial charge in [-0.05, 0) is 46.4 Å². The number of carboxylic acid groups (broad SMARTS) is 1. The smallest absolute Gasteiger partial charge is 0.407 e. The van der Waals surface area contributed by atoms with Crippen LogP contribution in [0, 0.1) is 5.92 Å². The molecule has 1 unspecified atom stereocenters. The van der Waals surface area contributed by atoms with Crippen LogP contribution in [0.3, 0.4) is 0 Å². The Morgan fingerprint density at radius 3 is 2.09 bits per heavy atom. The highest BCUT2D eigenvalue weighted by molar-refractivity contribution is 5.87. The minimum Gasteiger partial charge on any atom is -0.478 e. The number of rotatable bonds is 9. The lowest BCUT2D eigenvalue weighted by Crippen LogP contribution is -2.38. The maximum atomic E-state index is 12.3. The van der Waals surface area contributed by atoms with Gasteiger partial charge in [0.1, 0.15) is 6.61 Å². The summed E-state index contributed by atoms with van der Waals surface area (Å²) in [4.78, 5) is 35.6. The van der Waals surface area contributed by atoms with Crippen molar-refractivity contribution < 1.29 is 24.2 Å². The van der Waals surface area contributed by atoms with E-state index < -0.39 is 18.0 Å². The van der Waals surface area contributed by atoms with Gasteiger partial charge in [-0.3, -0.25) is 4.79 Å². The van der Waals surface area contributed by atoms with Crippen LogP contribution in [0.5, 0.6) is 0 Å². The summed E-state index contributed by atoms with van der Waals surface area (Å²) in [5, 5.41) is 14.5. The van der Waals surface area contributed by atoms with E-state index in [9.17, 15) is 14.4 Å². The molecule has 7 nitrogen and oxygen atoms in total. The number of ether oxygens (including phenoxy) is 1. The Morgan fingerprint density at radius 2 is 1.49 bits per heavy atom. The second-order valence-electron chi connectivity index (χ2n) is 8.65. The molecule has 3 N–H and O–H groups in total. The topological polar surface area (TPSA) is 105 Å². The van der Waals surface area contributed by atoms with Crippen molar-refractivity contribution in [2.24, 2.45) is 5.92 Å². The molecule has 180 valence electrons. The predicted molar refractivity (Wildman–Crippen MR) is 132 cm³/mol. The molecule has 0 bridgehead atoms. The molecule has 0 spiro atoms. The Kier molecular flexibility index (Phi) is 7.45. The van der Waals surface area contributed by atoms with Gasteiger partial charge in [0.05, 0.1) is 11.5 Å². The van der Waals surface area contributed by atoms with Gasteiger partial charge in [0.15, 0.2) is 0 Å². The van der Waals surface area contributed by atoms with E-state index in [1.807, 2.05) is 24.3 Å². The van der Waals surface area contributed by atoms with E-state index in [4.69, 9.17) is 9.84 Å². The standard InChI is InChI=1S/C28H28N2O5/c1-18(26(31)29-15-14-19-10-12-20(13-11-19)27(32)33)16-30-28(34)35-17-25-23-8-4-2-6-21(23)22-7-3-5-9-24(22)25/h2-13,18,25H,14-17H2,1H3,(H,29,31)(H,30,34)(H,32,33). The molecule has 3 aromatic rings. The summed E-state index contributed by atoms with van der Waals surface area (Å²) in [6.45, 7) is 2.54. The number of nitrogens with one attached hydrogen (secondary N) is 2. The molecule has 0 aromatic heterocycles. The van der Waals surface area contributed by atoms with Crippen molar-refractivity contribution in [1.29, 1.82) is 0 Å². The number of benzene rings is 3. The summed E-state index contributed by atoms with van der Waals surface area (Å²) in [5.74, 6) is -1.59. The van der Waals surface area contributed by atoms with Crippen molar-refractivity contribution in [2.75, 3.05) is 19.7 Å². The molecular formula is C28H28N2O5. The number of alkyl carbamates (subject to hydrolysis) is 1. The van der Waals surface area contributed by atoms with Crippen LogP contribution in [0.2, 0.25) is 0 Å². The summed E-state index contributed by atoms with van der Waals surface area (Å²) in [6, 6.07) is 22.8. The molecule has 1 aliphatic carbocycles.